The Hall–Kier alpha value is -2.87. The van der Waals surface area contributed by atoms with Gasteiger partial charge in [0.15, 0.2) is 11.1 Å². The Morgan fingerprint density at radius 2 is 2.12 bits per heavy atom. The maximum absolute atomic E-state index is 12.1. The van der Waals surface area contributed by atoms with Crippen molar-refractivity contribution in [1.82, 2.24) is 20.2 Å². The Balaban J connectivity index is 1.50. The molecule has 26 heavy (non-hydrogen) atoms. The van der Waals surface area contributed by atoms with E-state index in [-0.39, 0.29) is 12.3 Å². The SMILES string of the molecule is Cc1cccc(OC(C)C(=O)NNC(=O)Cc2cn3ccsc3n2)c1C. The summed E-state index contributed by atoms with van der Waals surface area (Å²) < 4.78 is 7.54. The minimum absolute atomic E-state index is 0.0842. The molecular formula is C18H20N4O3S. The lowest BCUT2D eigenvalue weighted by Gasteiger charge is -2.17. The van der Waals surface area contributed by atoms with Gasteiger partial charge in [-0.05, 0) is 38.0 Å². The largest absolute Gasteiger partial charge is 0.481 e. The van der Waals surface area contributed by atoms with Crippen molar-refractivity contribution in [2.24, 2.45) is 0 Å². The second-order valence-corrected chi connectivity index (χ2v) is 6.87. The van der Waals surface area contributed by atoms with Crippen molar-refractivity contribution in [3.05, 3.63) is 52.8 Å². The van der Waals surface area contributed by atoms with Gasteiger partial charge in [-0.3, -0.25) is 24.8 Å². The summed E-state index contributed by atoms with van der Waals surface area (Å²) in [6, 6.07) is 5.67. The lowest BCUT2D eigenvalue weighted by atomic mass is 10.1. The van der Waals surface area contributed by atoms with Gasteiger partial charge in [-0.15, -0.1) is 11.3 Å². The van der Waals surface area contributed by atoms with Gasteiger partial charge < -0.3 is 4.74 Å². The maximum atomic E-state index is 12.1. The van der Waals surface area contributed by atoms with Crippen LogP contribution >= 0.6 is 11.3 Å². The zero-order chi connectivity index (χ0) is 18.7. The van der Waals surface area contributed by atoms with Crippen LogP contribution in [0.15, 0.2) is 36.0 Å². The average Bonchev–Trinajstić information content (AvgIpc) is 3.18. The number of thiazole rings is 1. The molecule has 0 aliphatic rings. The summed E-state index contributed by atoms with van der Waals surface area (Å²) in [5.41, 5.74) is 7.50. The lowest BCUT2D eigenvalue weighted by Crippen LogP contribution is -2.47. The Bertz CT molecular complexity index is 918. The first-order valence-corrected chi connectivity index (χ1v) is 9.04. The first kappa shape index (κ1) is 17.9. The van der Waals surface area contributed by atoms with Gasteiger partial charge in [0.1, 0.15) is 5.75 Å². The Labute approximate surface area is 155 Å². The summed E-state index contributed by atoms with van der Waals surface area (Å²) in [7, 11) is 0. The first-order chi connectivity index (χ1) is 12.4. The molecule has 2 amide bonds. The molecule has 8 heteroatoms. The van der Waals surface area contributed by atoms with Crippen molar-refractivity contribution in [2.45, 2.75) is 33.3 Å². The average molecular weight is 372 g/mol. The molecule has 1 atom stereocenters. The number of ether oxygens (including phenoxy) is 1. The number of rotatable bonds is 5. The van der Waals surface area contributed by atoms with Gasteiger partial charge in [-0.1, -0.05) is 12.1 Å². The Morgan fingerprint density at radius 3 is 2.88 bits per heavy atom. The summed E-state index contributed by atoms with van der Waals surface area (Å²) in [4.78, 5) is 29.3. The molecule has 2 N–H and O–H groups in total. The van der Waals surface area contributed by atoms with E-state index in [0.717, 1.165) is 16.1 Å². The normalized spacial score (nSPS) is 12.0. The van der Waals surface area contributed by atoms with Crippen molar-refractivity contribution < 1.29 is 14.3 Å². The number of hydrogen-bond donors (Lipinski definition) is 2. The molecule has 0 radical (unpaired) electrons. The quantitative estimate of drug-likeness (QED) is 0.672. The predicted octanol–water partition coefficient (Wildman–Crippen LogP) is 2.17. The van der Waals surface area contributed by atoms with Gasteiger partial charge >= 0.3 is 0 Å². The smallest absolute Gasteiger partial charge is 0.279 e. The summed E-state index contributed by atoms with van der Waals surface area (Å²) in [5, 5.41) is 1.92. The molecule has 0 saturated carbocycles. The van der Waals surface area contributed by atoms with Gasteiger partial charge in [0.05, 0.1) is 12.1 Å². The van der Waals surface area contributed by atoms with E-state index < -0.39 is 12.0 Å². The molecule has 0 aliphatic heterocycles. The molecule has 136 valence electrons. The van der Waals surface area contributed by atoms with Crippen LogP contribution in [0, 0.1) is 13.8 Å². The summed E-state index contributed by atoms with van der Waals surface area (Å²) in [5.74, 6) is -0.120. The highest BCUT2D eigenvalue weighted by molar-refractivity contribution is 7.15. The molecule has 0 spiro atoms. The highest BCUT2D eigenvalue weighted by Gasteiger charge is 2.17. The fourth-order valence-corrected chi connectivity index (χ4v) is 3.12. The predicted molar refractivity (Wildman–Crippen MR) is 99.1 cm³/mol. The van der Waals surface area contributed by atoms with Crippen molar-refractivity contribution in [2.75, 3.05) is 0 Å². The number of benzene rings is 1. The monoisotopic (exact) mass is 372 g/mol. The molecule has 1 unspecified atom stereocenters. The Morgan fingerprint density at radius 1 is 1.31 bits per heavy atom. The van der Waals surface area contributed by atoms with Crippen LogP contribution in [0.3, 0.4) is 0 Å². The molecule has 0 saturated heterocycles. The van der Waals surface area contributed by atoms with E-state index in [0.29, 0.717) is 11.4 Å². The van der Waals surface area contributed by atoms with E-state index in [9.17, 15) is 9.59 Å². The first-order valence-electron chi connectivity index (χ1n) is 8.16. The van der Waals surface area contributed by atoms with Crippen LogP contribution in [-0.2, 0) is 16.0 Å². The number of aryl methyl sites for hydroxylation is 1. The minimum atomic E-state index is -0.742. The van der Waals surface area contributed by atoms with Crippen molar-refractivity contribution in [1.29, 1.82) is 0 Å². The Kier molecular flexibility index (Phi) is 5.22. The van der Waals surface area contributed by atoms with Gasteiger partial charge in [0.2, 0.25) is 5.91 Å². The van der Waals surface area contributed by atoms with E-state index in [1.807, 2.05) is 48.0 Å². The van der Waals surface area contributed by atoms with Gasteiger partial charge in [0.25, 0.3) is 5.91 Å². The highest BCUT2D eigenvalue weighted by Crippen LogP contribution is 2.21. The number of hydrazine groups is 1. The molecule has 0 bridgehead atoms. The fourth-order valence-electron chi connectivity index (χ4n) is 2.40. The number of aromatic nitrogens is 2. The molecule has 2 aromatic heterocycles. The van der Waals surface area contributed by atoms with Crippen LogP contribution in [0.4, 0.5) is 0 Å². The summed E-state index contributed by atoms with van der Waals surface area (Å²) in [6.45, 7) is 5.55. The molecule has 0 fully saturated rings. The molecule has 0 aliphatic carbocycles. The second kappa shape index (κ2) is 7.57. The molecular weight excluding hydrogens is 352 g/mol. The van der Waals surface area contributed by atoms with E-state index in [2.05, 4.69) is 15.8 Å². The third kappa shape index (κ3) is 4.02. The minimum Gasteiger partial charge on any atom is -0.481 e. The molecule has 3 rings (SSSR count). The second-order valence-electron chi connectivity index (χ2n) is 6.00. The van der Waals surface area contributed by atoms with E-state index in [1.165, 1.54) is 11.3 Å². The number of hydrogen-bond acceptors (Lipinski definition) is 5. The third-order valence-electron chi connectivity index (χ3n) is 4.04. The maximum Gasteiger partial charge on any atom is 0.279 e. The summed E-state index contributed by atoms with van der Waals surface area (Å²) >= 11 is 1.49. The number of fused-ring (bicyclic) bond motifs is 1. The molecule has 1 aromatic carbocycles. The van der Waals surface area contributed by atoms with Crippen LogP contribution < -0.4 is 15.6 Å². The van der Waals surface area contributed by atoms with E-state index >= 15 is 0 Å². The zero-order valence-electron chi connectivity index (χ0n) is 14.8. The standard InChI is InChI=1S/C18H20N4O3S/c1-11-5-4-6-15(12(11)2)25-13(3)17(24)21-20-16(23)9-14-10-22-7-8-26-18(22)19-14/h4-8,10,13H,9H2,1-3H3,(H,20,23)(H,21,24). The lowest BCUT2D eigenvalue weighted by molar-refractivity contribution is -0.132. The number of carbonyl (C=O) groups is 2. The summed E-state index contributed by atoms with van der Waals surface area (Å²) in [6.07, 6.45) is 3.01. The molecule has 2 heterocycles. The van der Waals surface area contributed by atoms with Crippen LogP contribution in [0.25, 0.3) is 4.96 Å². The van der Waals surface area contributed by atoms with Gasteiger partial charge in [-0.2, -0.15) is 0 Å². The molecule has 3 aromatic rings. The van der Waals surface area contributed by atoms with Gasteiger partial charge in [0, 0.05) is 17.8 Å². The third-order valence-corrected chi connectivity index (χ3v) is 4.81. The number of nitrogens with one attached hydrogen (secondary N) is 2. The van der Waals surface area contributed by atoms with Crippen molar-refractivity contribution in [3.8, 4) is 5.75 Å². The van der Waals surface area contributed by atoms with Crippen LogP contribution in [0.5, 0.6) is 5.75 Å². The fraction of sp³-hybridized carbons (Fsp3) is 0.278. The number of carbonyl (C=O) groups excluding carboxylic acids is 2. The van der Waals surface area contributed by atoms with Crippen molar-refractivity contribution in [3.63, 3.8) is 0 Å². The van der Waals surface area contributed by atoms with Crippen LogP contribution in [0.2, 0.25) is 0 Å². The number of amides is 2. The molecule has 7 nitrogen and oxygen atoms in total. The van der Waals surface area contributed by atoms with Crippen LogP contribution in [-0.4, -0.2) is 27.3 Å². The number of nitrogens with zero attached hydrogens (tertiary/aromatic N) is 2. The van der Waals surface area contributed by atoms with Crippen LogP contribution in [0.1, 0.15) is 23.7 Å². The topological polar surface area (TPSA) is 84.7 Å². The van der Waals surface area contributed by atoms with Gasteiger partial charge in [-0.25, -0.2) is 4.98 Å². The highest BCUT2D eigenvalue weighted by atomic mass is 32.1. The number of imidazole rings is 1. The van der Waals surface area contributed by atoms with E-state index in [4.69, 9.17) is 4.74 Å². The van der Waals surface area contributed by atoms with E-state index in [1.54, 1.807) is 13.1 Å². The zero-order valence-corrected chi connectivity index (χ0v) is 15.6. The van der Waals surface area contributed by atoms with Crippen molar-refractivity contribution >= 4 is 28.1 Å².